The summed E-state index contributed by atoms with van der Waals surface area (Å²) in [4.78, 5) is 10.7. The molecule has 1 aromatic rings. The van der Waals surface area contributed by atoms with Crippen LogP contribution in [0.5, 0.6) is 0 Å². The fourth-order valence-corrected chi connectivity index (χ4v) is 2.06. The Hall–Kier alpha value is -2.15. The fraction of sp³-hybridized carbons (Fsp3) is 0.308. The van der Waals surface area contributed by atoms with Gasteiger partial charge >= 0.3 is 0 Å². The molecule has 0 radical (unpaired) electrons. The lowest BCUT2D eigenvalue weighted by Gasteiger charge is -2.21. The molecule has 0 saturated carbocycles. The van der Waals surface area contributed by atoms with E-state index in [-0.39, 0.29) is 11.9 Å². The number of guanidine groups is 2. The van der Waals surface area contributed by atoms with Gasteiger partial charge in [0.05, 0.1) is 5.69 Å². The Balaban J connectivity index is 2.89. The third-order valence-corrected chi connectivity index (χ3v) is 3.15. The maximum Gasteiger partial charge on any atom is 0.223 e. The zero-order chi connectivity index (χ0) is 15.1. The number of nitrogens with two attached hydrogens (primary N) is 3. The van der Waals surface area contributed by atoms with Gasteiger partial charge in [-0.1, -0.05) is 12.2 Å². The van der Waals surface area contributed by atoms with Crippen LogP contribution in [0.25, 0.3) is 0 Å². The van der Waals surface area contributed by atoms with Gasteiger partial charge < -0.3 is 22.1 Å². The molecular formula is C13H20N6S. The van der Waals surface area contributed by atoms with Gasteiger partial charge in [0.1, 0.15) is 4.99 Å². The molecule has 6 N–H and O–H groups in total. The fourth-order valence-electron chi connectivity index (χ4n) is 1.66. The van der Waals surface area contributed by atoms with Crippen LogP contribution < -0.4 is 17.2 Å². The zero-order valence-corrected chi connectivity index (χ0v) is 12.5. The maximum atomic E-state index is 5.56. The Kier molecular flexibility index (Phi) is 5.92. The first-order chi connectivity index (χ1) is 9.47. The van der Waals surface area contributed by atoms with Gasteiger partial charge in [-0.05, 0) is 38.1 Å². The number of hydrogen-bond donors (Lipinski definition) is 3. The molecule has 0 aliphatic carbocycles. The Morgan fingerprint density at radius 1 is 1.10 bits per heavy atom. The summed E-state index contributed by atoms with van der Waals surface area (Å²) in [5.41, 5.74) is 17.6. The van der Waals surface area contributed by atoms with Gasteiger partial charge in [-0.2, -0.15) is 4.99 Å². The Bertz CT molecular complexity index is 512. The van der Waals surface area contributed by atoms with Crippen LogP contribution in [-0.2, 0) is 0 Å². The maximum absolute atomic E-state index is 5.56. The van der Waals surface area contributed by atoms with Crippen LogP contribution >= 0.6 is 12.2 Å². The van der Waals surface area contributed by atoms with Gasteiger partial charge in [-0.15, -0.1) is 0 Å². The lowest BCUT2D eigenvalue weighted by atomic mass is 10.2. The van der Waals surface area contributed by atoms with Crippen molar-refractivity contribution < 1.29 is 0 Å². The van der Waals surface area contributed by atoms with Crippen LogP contribution in [0.2, 0.25) is 0 Å². The standard InChI is InChI=1S/C13H20N6S/c1-3-19(4-2)11(20)9-5-7-10(8-6-9)17-13(16)18-12(14)15/h5-8H,3-4H2,1-2H3,(H6,14,15,16,17,18). The molecule has 1 rings (SSSR count). The summed E-state index contributed by atoms with van der Waals surface area (Å²) in [5, 5.41) is 0. The molecule has 108 valence electrons. The summed E-state index contributed by atoms with van der Waals surface area (Å²) >= 11 is 5.44. The molecule has 0 aromatic heterocycles. The molecule has 0 aliphatic rings. The van der Waals surface area contributed by atoms with E-state index in [2.05, 4.69) is 28.7 Å². The highest BCUT2D eigenvalue weighted by Crippen LogP contribution is 2.15. The van der Waals surface area contributed by atoms with Crippen molar-refractivity contribution in [2.75, 3.05) is 13.1 Å². The van der Waals surface area contributed by atoms with Crippen molar-refractivity contribution in [3.63, 3.8) is 0 Å². The van der Waals surface area contributed by atoms with Crippen molar-refractivity contribution in [2.24, 2.45) is 27.2 Å². The number of aliphatic imine (C=N–C) groups is 2. The molecule has 0 heterocycles. The van der Waals surface area contributed by atoms with Gasteiger partial charge in [0.25, 0.3) is 0 Å². The van der Waals surface area contributed by atoms with E-state index in [1.54, 1.807) is 0 Å². The first-order valence-electron chi connectivity index (χ1n) is 6.31. The third kappa shape index (κ3) is 4.51. The normalized spacial score (nSPS) is 11.0. The van der Waals surface area contributed by atoms with E-state index in [9.17, 15) is 0 Å². The quantitative estimate of drug-likeness (QED) is 0.435. The molecule has 7 heteroatoms. The minimum Gasteiger partial charge on any atom is -0.370 e. The number of hydrogen-bond acceptors (Lipinski definition) is 2. The molecule has 0 atom stereocenters. The summed E-state index contributed by atoms with van der Waals surface area (Å²) in [7, 11) is 0. The van der Waals surface area contributed by atoms with Crippen LogP contribution in [-0.4, -0.2) is 34.9 Å². The predicted molar refractivity (Wildman–Crippen MR) is 88.2 cm³/mol. The molecule has 0 saturated heterocycles. The SMILES string of the molecule is CCN(CC)C(=S)c1ccc(N=C(N)N=C(N)N)cc1. The van der Waals surface area contributed by atoms with Crippen molar-refractivity contribution in [3.05, 3.63) is 29.8 Å². The topological polar surface area (TPSA) is 106 Å². The molecule has 0 amide bonds. The second-order valence-electron chi connectivity index (χ2n) is 4.03. The largest absolute Gasteiger partial charge is 0.370 e. The van der Waals surface area contributed by atoms with Crippen LogP contribution in [0.15, 0.2) is 34.3 Å². The van der Waals surface area contributed by atoms with Crippen molar-refractivity contribution in [1.82, 2.24) is 4.90 Å². The minimum atomic E-state index is -0.120. The van der Waals surface area contributed by atoms with E-state index in [4.69, 9.17) is 29.4 Å². The van der Waals surface area contributed by atoms with Gasteiger partial charge in [0.15, 0.2) is 5.96 Å². The zero-order valence-electron chi connectivity index (χ0n) is 11.7. The monoisotopic (exact) mass is 292 g/mol. The molecule has 20 heavy (non-hydrogen) atoms. The Morgan fingerprint density at radius 3 is 2.10 bits per heavy atom. The summed E-state index contributed by atoms with van der Waals surface area (Å²) in [6, 6.07) is 7.45. The summed E-state index contributed by atoms with van der Waals surface area (Å²) in [6.07, 6.45) is 0. The van der Waals surface area contributed by atoms with Crippen LogP contribution in [0.3, 0.4) is 0 Å². The first-order valence-corrected chi connectivity index (χ1v) is 6.71. The van der Waals surface area contributed by atoms with Crippen molar-refractivity contribution in [2.45, 2.75) is 13.8 Å². The number of rotatable bonds is 4. The molecular weight excluding hydrogens is 272 g/mol. The average molecular weight is 292 g/mol. The van der Waals surface area contributed by atoms with E-state index in [1.807, 2.05) is 24.3 Å². The highest BCUT2D eigenvalue weighted by Gasteiger charge is 2.07. The van der Waals surface area contributed by atoms with Gasteiger partial charge in [0.2, 0.25) is 5.96 Å². The van der Waals surface area contributed by atoms with Crippen molar-refractivity contribution >= 4 is 34.8 Å². The summed E-state index contributed by atoms with van der Waals surface area (Å²) < 4.78 is 0. The lowest BCUT2D eigenvalue weighted by Crippen LogP contribution is -2.29. The van der Waals surface area contributed by atoms with Crippen LogP contribution in [0, 0.1) is 0 Å². The second kappa shape index (κ2) is 7.44. The molecule has 0 unspecified atom stereocenters. The predicted octanol–water partition coefficient (Wildman–Crippen LogP) is 0.924. The van der Waals surface area contributed by atoms with E-state index < -0.39 is 0 Å². The van der Waals surface area contributed by atoms with E-state index in [0.29, 0.717) is 5.69 Å². The first kappa shape index (κ1) is 15.9. The highest BCUT2D eigenvalue weighted by molar-refractivity contribution is 7.80. The van der Waals surface area contributed by atoms with E-state index in [1.165, 1.54) is 0 Å². The third-order valence-electron chi connectivity index (χ3n) is 2.65. The molecule has 0 spiro atoms. The van der Waals surface area contributed by atoms with Gasteiger partial charge in [0, 0.05) is 18.7 Å². The molecule has 0 aliphatic heterocycles. The van der Waals surface area contributed by atoms with Gasteiger partial charge in [-0.25, -0.2) is 4.99 Å². The number of nitrogens with zero attached hydrogens (tertiary/aromatic N) is 3. The van der Waals surface area contributed by atoms with E-state index in [0.717, 1.165) is 23.6 Å². The minimum absolute atomic E-state index is 0.0177. The lowest BCUT2D eigenvalue weighted by molar-refractivity contribution is 0.475. The molecule has 0 bridgehead atoms. The summed E-state index contributed by atoms with van der Waals surface area (Å²) in [6.45, 7) is 5.91. The molecule has 6 nitrogen and oxygen atoms in total. The van der Waals surface area contributed by atoms with Crippen LogP contribution in [0.1, 0.15) is 19.4 Å². The van der Waals surface area contributed by atoms with Crippen molar-refractivity contribution in [3.8, 4) is 0 Å². The highest BCUT2D eigenvalue weighted by atomic mass is 32.1. The number of thiocarbonyl (C=S) groups is 1. The molecule has 1 aromatic carbocycles. The molecule has 0 fully saturated rings. The van der Waals surface area contributed by atoms with E-state index >= 15 is 0 Å². The Morgan fingerprint density at radius 2 is 1.65 bits per heavy atom. The van der Waals surface area contributed by atoms with Crippen molar-refractivity contribution in [1.29, 1.82) is 0 Å². The Labute approximate surface area is 124 Å². The summed E-state index contributed by atoms with van der Waals surface area (Å²) in [5.74, 6) is -0.102. The average Bonchev–Trinajstić information content (AvgIpc) is 2.39. The second-order valence-corrected chi connectivity index (χ2v) is 4.42. The number of benzene rings is 1. The van der Waals surface area contributed by atoms with Crippen LogP contribution in [0.4, 0.5) is 5.69 Å². The van der Waals surface area contributed by atoms with Gasteiger partial charge in [-0.3, -0.25) is 0 Å². The smallest absolute Gasteiger partial charge is 0.223 e.